The highest BCUT2D eigenvalue weighted by molar-refractivity contribution is 6.08. The molecule has 0 saturated carbocycles. The number of hydrogen-bond acceptors (Lipinski definition) is 2. The number of carbonyl (C=O) groups is 1. The van der Waals surface area contributed by atoms with E-state index >= 15 is 0 Å². The van der Waals surface area contributed by atoms with E-state index in [-0.39, 0.29) is 5.91 Å². The number of benzene rings is 3. The van der Waals surface area contributed by atoms with Crippen LogP contribution in [0.25, 0.3) is 22.0 Å². The van der Waals surface area contributed by atoms with Gasteiger partial charge >= 0.3 is 0 Å². The molecule has 0 unspecified atom stereocenters. The van der Waals surface area contributed by atoms with Crippen LogP contribution in [0, 0.1) is 6.92 Å². The fourth-order valence-electron chi connectivity index (χ4n) is 2.99. The fourth-order valence-corrected chi connectivity index (χ4v) is 2.99. The van der Waals surface area contributed by atoms with Gasteiger partial charge in [0.2, 0.25) is 0 Å². The molecule has 126 valence electrons. The third kappa shape index (κ3) is 3.20. The molecule has 0 radical (unpaired) electrons. The summed E-state index contributed by atoms with van der Waals surface area (Å²) in [4.78, 5) is 17.4. The molecule has 3 nitrogen and oxygen atoms in total. The molecule has 0 bridgehead atoms. The largest absolute Gasteiger partial charge is 0.307 e. The lowest BCUT2D eigenvalue weighted by molar-refractivity contribution is 0.102. The maximum absolute atomic E-state index is 12.9. The van der Waals surface area contributed by atoms with Crippen LogP contribution >= 0.6 is 0 Å². The molecule has 4 aromatic rings. The smallest absolute Gasteiger partial charge is 0.257 e. The van der Waals surface area contributed by atoms with E-state index < -0.39 is 0 Å². The van der Waals surface area contributed by atoms with Crippen molar-refractivity contribution >= 4 is 22.6 Å². The van der Waals surface area contributed by atoms with E-state index in [0.717, 1.165) is 22.0 Å². The van der Waals surface area contributed by atoms with Crippen LogP contribution in [0.5, 0.6) is 0 Å². The van der Waals surface area contributed by atoms with Crippen molar-refractivity contribution in [2.24, 2.45) is 0 Å². The van der Waals surface area contributed by atoms with Crippen molar-refractivity contribution in [3.05, 3.63) is 96.1 Å². The van der Waals surface area contributed by atoms with Crippen LogP contribution in [0.1, 0.15) is 15.9 Å². The summed E-state index contributed by atoms with van der Waals surface area (Å²) in [5.74, 6) is 0.386. The normalized spacial score (nSPS) is 10.7. The van der Waals surface area contributed by atoms with Crippen LogP contribution < -0.4 is 5.32 Å². The molecule has 1 heterocycles. The Balaban J connectivity index is 1.66. The van der Waals surface area contributed by atoms with Crippen LogP contribution in [-0.4, -0.2) is 10.9 Å². The zero-order valence-electron chi connectivity index (χ0n) is 14.4. The van der Waals surface area contributed by atoms with Gasteiger partial charge in [-0.2, -0.15) is 0 Å². The van der Waals surface area contributed by atoms with Crippen LogP contribution in [0.4, 0.5) is 5.82 Å². The molecule has 0 fully saturated rings. The Labute approximate surface area is 152 Å². The van der Waals surface area contributed by atoms with Crippen LogP contribution in [0.3, 0.4) is 0 Å². The minimum Gasteiger partial charge on any atom is -0.307 e. The summed E-state index contributed by atoms with van der Waals surface area (Å²) < 4.78 is 0. The molecule has 1 amide bonds. The van der Waals surface area contributed by atoms with E-state index in [2.05, 4.69) is 22.4 Å². The summed E-state index contributed by atoms with van der Waals surface area (Å²) >= 11 is 0. The zero-order chi connectivity index (χ0) is 17.9. The Morgan fingerprint density at radius 2 is 1.54 bits per heavy atom. The molecule has 0 aliphatic carbocycles. The molecule has 3 heteroatoms. The van der Waals surface area contributed by atoms with E-state index in [4.69, 9.17) is 0 Å². The van der Waals surface area contributed by atoms with Crippen molar-refractivity contribution in [3.8, 4) is 11.1 Å². The van der Waals surface area contributed by atoms with Gasteiger partial charge in [-0.25, -0.2) is 4.98 Å². The van der Waals surface area contributed by atoms with Crippen molar-refractivity contribution in [3.63, 3.8) is 0 Å². The third-order valence-electron chi connectivity index (χ3n) is 4.37. The summed E-state index contributed by atoms with van der Waals surface area (Å²) in [7, 11) is 0. The lowest BCUT2D eigenvalue weighted by Gasteiger charge is -2.11. The molecule has 4 rings (SSSR count). The maximum Gasteiger partial charge on any atom is 0.257 e. The first-order valence-corrected chi connectivity index (χ1v) is 8.54. The molecule has 0 spiro atoms. The average Bonchev–Trinajstić information content (AvgIpc) is 2.68. The number of amides is 1. The van der Waals surface area contributed by atoms with Gasteiger partial charge in [-0.15, -0.1) is 0 Å². The summed E-state index contributed by atoms with van der Waals surface area (Å²) in [6.45, 7) is 2.05. The second-order valence-corrected chi connectivity index (χ2v) is 6.25. The van der Waals surface area contributed by atoms with Gasteiger partial charge in [0.1, 0.15) is 5.82 Å². The molecule has 0 saturated heterocycles. The minimum atomic E-state index is -0.163. The van der Waals surface area contributed by atoms with Crippen molar-refractivity contribution in [2.45, 2.75) is 6.92 Å². The fraction of sp³-hybridized carbons (Fsp3) is 0.0435. The Bertz CT molecular complexity index is 1080. The van der Waals surface area contributed by atoms with Gasteiger partial charge in [0.05, 0.1) is 5.52 Å². The molecular formula is C23H18N2O. The van der Waals surface area contributed by atoms with Gasteiger partial charge in [-0.05, 0) is 42.3 Å². The van der Waals surface area contributed by atoms with E-state index in [1.807, 2.05) is 79.7 Å². The SMILES string of the molecule is Cc1ccc(-c2ccccc2C(=O)Nc2ccc3ccccc3n2)cc1. The second kappa shape index (κ2) is 6.81. The van der Waals surface area contributed by atoms with Crippen LogP contribution in [0.15, 0.2) is 84.9 Å². The Morgan fingerprint density at radius 3 is 2.38 bits per heavy atom. The Hall–Kier alpha value is -3.46. The van der Waals surface area contributed by atoms with E-state index in [1.165, 1.54) is 5.56 Å². The maximum atomic E-state index is 12.9. The molecule has 0 aliphatic rings. The molecular weight excluding hydrogens is 320 g/mol. The topological polar surface area (TPSA) is 42.0 Å². The number of aromatic nitrogens is 1. The first kappa shape index (κ1) is 16.0. The molecule has 26 heavy (non-hydrogen) atoms. The van der Waals surface area contributed by atoms with Gasteiger partial charge in [0.25, 0.3) is 5.91 Å². The number of hydrogen-bond donors (Lipinski definition) is 1. The lowest BCUT2D eigenvalue weighted by atomic mass is 9.98. The number of nitrogens with one attached hydrogen (secondary N) is 1. The predicted molar refractivity (Wildman–Crippen MR) is 106 cm³/mol. The standard InChI is InChI=1S/C23H18N2O/c1-16-10-12-17(13-11-16)19-7-3-4-8-20(19)23(26)25-22-15-14-18-6-2-5-9-21(18)24-22/h2-15H,1H3,(H,24,25,26). The number of carbonyl (C=O) groups excluding carboxylic acids is 1. The third-order valence-corrected chi connectivity index (χ3v) is 4.37. The van der Waals surface area contributed by atoms with E-state index in [9.17, 15) is 4.79 Å². The monoisotopic (exact) mass is 338 g/mol. The first-order valence-electron chi connectivity index (χ1n) is 8.54. The van der Waals surface area contributed by atoms with Gasteiger partial charge in [-0.3, -0.25) is 4.79 Å². The van der Waals surface area contributed by atoms with Crippen LogP contribution in [0.2, 0.25) is 0 Å². The van der Waals surface area contributed by atoms with Gasteiger partial charge < -0.3 is 5.32 Å². The average molecular weight is 338 g/mol. The zero-order valence-corrected chi connectivity index (χ0v) is 14.4. The molecule has 1 N–H and O–H groups in total. The van der Waals surface area contributed by atoms with Gasteiger partial charge in [0, 0.05) is 10.9 Å². The highest BCUT2D eigenvalue weighted by atomic mass is 16.1. The van der Waals surface area contributed by atoms with Crippen molar-refractivity contribution < 1.29 is 4.79 Å². The summed E-state index contributed by atoms with van der Waals surface area (Å²) in [5, 5.41) is 3.97. The number of pyridine rings is 1. The number of rotatable bonds is 3. The summed E-state index contributed by atoms with van der Waals surface area (Å²) in [6, 6.07) is 27.4. The number of fused-ring (bicyclic) bond motifs is 1. The molecule has 1 aromatic heterocycles. The van der Waals surface area contributed by atoms with E-state index in [0.29, 0.717) is 11.4 Å². The van der Waals surface area contributed by atoms with E-state index in [1.54, 1.807) is 0 Å². The highest BCUT2D eigenvalue weighted by Gasteiger charge is 2.13. The van der Waals surface area contributed by atoms with Crippen molar-refractivity contribution in [1.82, 2.24) is 4.98 Å². The Morgan fingerprint density at radius 1 is 0.808 bits per heavy atom. The second-order valence-electron chi connectivity index (χ2n) is 6.25. The number of aryl methyl sites for hydroxylation is 1. The lowest BCUT2D eigenvalue weighted by Crippen LogP contribution is -2.14. The predicted octanol–water partition coefficient (Wildman–Crippen LogP) is 5.46. The molecule has 3 aromatic carbocycles. The summed E-state index contributed by atoms with van der Waals surface area (Å²) in [6.07, 6.45) is 0. The summed E-state index contributed by atoms with van der Waals surface area (Å²) in [5.41, 5.74) is 4.61. The minimum absolute atomic E-state index is 0.163. The van der Waals surface area contributed by atoms with Crippen molar-refractivity contribution in [2.75, 3.05) is 5.32 Å². The van der Waals surface area contributed by atoms with Gasteiger partial charge in [0.15, 0.2) is 0 Å². The molecule has 0 atom stereocenters. The van der Waals surface area contributed by atoms with Crippen LogP contribution in [-0.2, 0) is 0 Å². The number of nitrogens with zero attached hydrogens (tertiary/aromatic N) is 1. The number of para-hydroxylation sites is 1. The van der Waals surface area contributed by atoms with Crippen molar-refractivity contribution in [1.29, 1.82) is 0 Å². The first-order chi connectivity index (χ1) is 12.7. The number of anilines is 1. The Kier molecular flexibility index (Phi) is 4.20. The highest BCUT2D eigenvalue weighted by Crippen LogP contribution is 2.25. The quantitative estimate of drug-likeness (QED) is 0.539. The molecule has 0 aliphatic heterocycles. The van der Waals surface area contributed by atoms with Gasteiger partial charge in [-0.1, -0.05) is 66.2 Å².